The standard InChI is InChI=1S/C21H27N5O4/c1-15-14-28-11-10-27-9-7-25-22-13-18(23-25)21-17-12-16(30-15)5-6-19(17)26(24-21)20-4-2-3-8-29-20/h5-6,12-13,15,20H,2-4,7-11,14H2,1H3. The van der Waals surface area contributed by atoms with Gasteiger partial charge in [-0.05, 0) is 44.4 Å². The number of fused-ring (bicyclic) bond motifs is 4. The molecule has 0 saturated carbocycles. The molecule has 0 amide bonds. The van der Waals surface area contributed by atoms with Gasteiger partial charge in [0.15, 0.2) is 6.23 Å². The molecule has 0 aliphatic carbocycles. The number of ether oxygens (including phenoxy) is 4. The Bertz CT molecular complexity index is 995. The van der Waals surface area contributed by atoms with Crippen LogP contribution in [-0.4, -0.2) is 63.9 Å². The summed E-state index contributed by atoms with van der Waals surface area (Å²) >= 11 is 0. The SMILES string of the molecule is CC1COCCOCCn2ncc(n2)-c2nn(C3CCCCO3)c3ccc(cc23)O1. The van der Waals surface area contributed by atoms with Crippen LogP contribution < -0.4 is 4.74 Å². The lowest BCUT2D eigenvalue weighted by molar-refractivity contribution is -0.0365. The van der Waals surface area contributed by atoms with Gasteiger partial charge in [0.2, 0.25) is 0 Å². The molecular weight excluding hydrogens is 386 g/mol. The van der Waals surface area contributed by atoms with Gasteiger partial charge in [-0.1, -0.05) is 0 Å². The Kier molecular flexibility index (Phi) is 5.65. The molecule has 1 fully saturated rings. The summed E-state index contributed by atoms with van der Waals surface area (Å²) in [5, 5.41) is 14.9. The van der Waals surface area contributed by atoms with Crippen molar-refractivity contribution in [2.45, 2.75) is 45.1 Å². The molecule has 2 aliphatic heterocycles. The normalized spacial score (nSPS) is 23.5. The summed E-state index contributed by atoms with van der Waals surface area (Å²) in [6.45, 7) is 5.43. The second-order valence-corrected chi connectivity index (χ2v) is 7.73. The zero-order chi connectivity index (χ0) is 20.3. The first kappa shape index (κ1) is 19.5. The highest BCUT2D eigenvalue weighted by molar-refractivity contribution is 5.93. The molecule has 0 N–H and O–H groups in total. The number of benzene rings is 1. The van der Waals surface area contributed by atoms with Gasteiger partial charge < -0.3 is 18.9 Å². The van der Waals surface area contributed by atoms with E-state index >= 15 is 0 Å². The van der Waals surface area contributed by atoms with E-state index in [2.05, 4.69) is 10.2 Å². The summed E-state index contributed by atoms with van der Waals surface area (Å²) in [5.41, 5.74) is 2.52. The van der Waals surface area contributed by atoms with E-state index in [9.17, 15) is 0 Å². The average Bonchev–Trinajstić information content (AvgIpc) is 3.37. The van der Waals surface area contributed by atoms with E-state index < -0.39 is 0 Å². The molecule has 4 heterocycles. The highest BCUT2D eigenvalue weighted by Gasteiger charge is 2.23. The molecule has 2 aromatic heterocycles. The van der Waals surface area contributed by atoms with Crippen molar-refractivity contribution in [3.8, 4) is 17.1 Å². The lowest BCUT2D eigenvalue weighted by atomic mass is 10.1. The first-order chi connectivity index (χ1) is 14.8. The van der Waals surface area contributed by atoms with Gasteiger partial charge >= 0.3 is 0 Å². The van der Waals surface area contributed by atoms with E-state index in [1.165, 1.54) is 0 Å². The van der Waals surface area contributed by atoms with Gasteiger partial charge in [0, 0.05) is 12.0 Å². The second kappa shape index (κ2) is 8.71. The summed E-state index contributed by atoms with van der Waals surface area (Å²) in [6.07, 6.45) is 4.80. The third-order valence-electron chi connectivity index (χ3n) is 5.38. The molecule has 0 radical (unpaired) electrons. The first-order valence-electron chi connectivity index (χ1n) is 10.6. The van der Waals surface area contributed by atoms with Gasteiger partial charge in [0.1, 0.15) is 23.2 Å². The molecule has 2 aliphatic rings. The van der Waals surface area contributed by atoms with E-state index in [4.69, 9.17) is 24.0 Å². The minimum atomic E-state index is -0.0728. The van der Waals surface area contributed by atoms with Crippen molar-refractivity contribution in [2.24, 2.45) is 0 Å². The molecule has 0 spiro atoms. The van der Waals surface area contributed by atoms with Crippen molar-refractivity contribution in [1.29, 1.82) is 0 Å². The molecule has 5 rings (SSSR count). The van der Waals surface area contributed by atoms with E-state index in [0.717, 1.165) is 53.9 Å². The Morgan fingerprint density at radius 2 is 1.97 bits per heavy atom. The fourth-order valence-electron chi connectivity index (χ4n) is 3.91. The minimum Gasteiger partial charge on any atom is -0.488 e. The number of hydrogen-bond acceptors (Lipinski definition) is 7. The summed E-state index contributed by atoms with van der Waals surface area (Å²) in [7, 11) is 0. The Hall–Kier alpha value is -2.49. The van der Waals surface area contributed by atoms with Crippen molar-refractivity contribution >= 4 is 10.9 Å². The molecule has 2 unspecified atom stereocenters. The topological polar surface area (TPSA) is 85.5 Å². The minimum absolute atomic E-state index is 0.0633. The van der Waals surface area contributed by atoms with Crippen LogP contribution >= 0.6 is 0 Å². The number of nitrogens with zero attached hydrogens (tertiary/aromatic N) is 5. The average molecular weight is 413 g/mol. The molecule has 9 heteroatoms. The lowest BCUT2D eigenvalue weighted by Gasteiger charge is -2.23. The molecule has 2 atom stereocenters. The summed E-state index contributed by atoms with van der Waals surface area (Å²) < 4.78 is 25.4. The van der Waals surface area contributed by atoms with Crippen molar-refractivity contribution < 1.29 is 18.9 Å². The van der Waals surface area contributed by atoms with E-state index in [1.807, 2.05) is 29.8 Å². The number of rotatable bonds is 1. The maximum atomic E-state index is 6.09. The van der Waals surface area contributed by atoms with Gasteiger partial charge in [-0.15, -0.1) is 0 Å². The van der Waals surface area contributed by atoms with Crippen molar-refractivity contribution in [3.63, 3.8) is 0 Å². The van der Waals surface area contributed by atoms with Crippen LogP contribution in [0, 0.1) is 0 Å². The molecule has 1 aromatic carbocycles. The third kappa shape index (κ3) is 4.05. The maximum absolute atomic E-state index is 6.09. The van der Waals surface area contributed by atoms with Gasteiger partial charge in [-0.25, -0.2) is 4.68 Å². The Morgan fingerprint density at radius 3 is 2.87 bits per heavy atom. The van der Waals surface area contributed by atoms with Gasteiger partial charge in [0.25, 0.3) is 0 Å². The summed E-state index contributed by atoms with van der Waals surface area (Å²) in [5.74, 6) is 0.777. The van der Waals surface area contributed by atoms with Gasteiger partial charge in [-0.2, -0.15) is 20.1 Å². The fraction of sp³-hybridized carbons (Fsp3) is 0.571. The highest BCUT2D eigenvalue weighted by atomic mass is 16.5. The van der Waals surface area contributed by atoms with Crippen LogP contribution in [0.5, 0.6) is 5.75 Å². The molecule has 3 aromatic rings. The molecular formula is C21H27N5O4. The largest absolute Gasteiger partial charge is 0.488 e. The Morgan fingerprint density at radius 1 is 1.03 bits per heavy atom. The van der Waals surface area contributed by atoms with Gasteiger partial charge in [-0.3, -0.25) is 0 Å². The van der Waals surface area contributed by atoms with Crippen molar-refractivity contribution in [1.82, 2.24) is 24.8 Å². The zero-order valence-electron chi connectivity index (χ0n) is 17.2. The Balaban J connectivity index is 1.57. The first-order valence-corrected chi connectivity index (χ1v) is 10.6. The number of hydrogen-bond donors (Lipinski definition) is 0. The van der Waals surface area contributed by atoms with Crippen molar-refractivity contribution in [3.05, 3.63) is 24.4 Å². The zero-order valence-corrected chi connectivity index (χ0v) is 17.2. The second-order valence-electron chi connectivity index (χ2n) is 7.73. The molecule has 1 saturated heterocycles. The van der Waals surface area contributed by atoms with E-state index in [-0.39, 0.29) is 12.3 Å². The van der Waals surface area contributed by atoms with Crippen LogP contribution in [0.25, 0.3) is 22.3 Å². The van der Waals surface area contributed by atoms with Crippen molar-refractivity contribution in [2.75, 3.05) is 33.0 Å². The molecule has 9 nitrogen and oxygen atoms in total. The molecule has 30 heavy (non-hydrogen) atoms. The van der Waals surface area contributed by atoms with Crippen LogP contribution in [0.15, 0.2) is 24.4 Å². The number of aromatic nitrogens is 5. The van der Waals surface area contributed by atoms with Crippen LogP contribution in [0.3, 0.4) is 0 Å². The summed E-state index contributed by atoms with van der Waals surface area (Å²) in [6, 6.07) is 6.06. The van der Waals surface area contributed by atoms with E-state index in [1.54, 1.807) is 11.0 Å². The maximum Gasteiger partial charge on any atom is 0.150 e. The van der Waals surface area contributed by atoms with Gasteiger partial charge in [0.05, 0.1) is 44.7 Å². The quantitative estimate of drug-likeness (QED) is 0.606. The monoisotopic (exact) mass is 413 g/mol. The van der Waals surface area contributed by atoms with E-state index in [0.29, 0.717) is 33.0 Å². The molecule has 160 valence electrons. The third-order valence-corrected chi connectivity index (χ3v) is 5.38. The molecule has 4 bridgehead atoms. The van der Waals surface area contributed by atoms with Crippen LogP contribution in [-0.2, 0) is 20.8 Å². The van der Waals surface area contributed by atoms with Crippen LogP contribution in [0.1, 0.15) is 32.4 Å². The lowest BCUT2D eigenvalue weighted by Crippen LogP contribution is -2.21. The van der Waals surface area contributed by atoms with Crippen LogP contribution in [0.2, 0.25) is 0 Å². The summed E-state index contributed by atoms with van der Waals surface area (Å²) in [4.78, 5) is 1.65. The highest BCUT2D eigenvalue weighted by Crippen LogP contribution is 2.34. The predicted octanol–water partition coefficient (Wildman–Crippen LogP) is 2.81. The predicted molar refractivity (Wildman–Crippen MR) is 109 cm³/mol. The van der Waals surface area contributed by atoms with Crippen LogP contribution in [0.4, 0.5) is 0 Å². The fourth-order valence-corrected chi connectivity index (χ4v) is 3.91. The smallest absolute Gasteiger partial charge is 0.150 e. The Labute approximate surface area is 174 Å².